The molecule has 1 aliphatic heterocycles. The number of carboxylic acids is 1. The lowest BCUT2D eigenvalue weighted by atomic mass is 9.91. The Morgan fingerprint density at radius 2 is 1.41 bits per heavy atom. The third kappa shape index (κ3) is 7.93. The van der Waals surface area contributed by atoms with Crippen molar-refractivity contribution in [2.45, 2.75) is 50.1 Å². The van der Waals surface area contributed by atoms with E-state index >= 15 is 0 Å². The van der Waals surface area contributed by atoms with Gasteiger partial charge in [0.1, 0.15) is 5.60 Å². The molecule has 0 fully saturated rings. The zero-order valence-corrected chi connectivity index (χ0v) is 23.5. The SMILES string of the molecule is CC(C)(C)OC(=O)N(CCCSC1(CC(=O)O)Nc2ccccc2N1)CC(c1ccccc1)c1ccccc1. The van der Waals surface area contributed by atoms with Gasteiger partial charge in [0.25, 0.3) is 0 Å². The van der Waals surface area contributed by atoms with Crippen molar-refractivity contribution in [2.75, 3.05) is 29.5 Å². The molecular formula is C31H37N3O4S. The second-order valence-electron chi connectivity index (χ2n) is 10.7. The zero-order valence-electron chi connectivity index (χ0n) is 22.7. The van der Waals surface area contributed by atoms with Crippen LogP contribution in [-0.4, -0.2) is 51.5 Å². The summed E-state index contributed by atoms with van der Waals surface area (Å²) in [4.78, 5) is 26.0. The number of fused-ring (bicyclic) bond motifs is 1. The molecule has 0 radical (unpaired) electrons. The molecule has 0 aliphatic carbocycles. The molecule has 1 aliphatic rings. The van der Waals surface area contributed by atoms with Gasteiger partial charge in [0, 0.05) is 19.0 Å². The molecule has 0 bridgehead atoms. The third-order valence-electron chi connectivity index (χ3n) is 6.38. The highest BCUT2D eigenvalue weighted by molar-refractivity contribution is 8.00. The Hall–Kier alpha value is -3.65. The highest BCUT2D eigenvalue weighted by Crippen LogP contribution is 2.42. The Bertz CT molecular complexity index is 1180. The summed E-state index contributed by atoms with van der Waals surface area (Å²) in [6, 6.07) is 28.1. The number of aliphatic carboxylic acids is 1. The molecule has 3 aromatic rings. The maximum absolute atomic E-state index is 13.4. The Morgan fingerprint density at radius 1 is 0.897 bits per heavy atom. The fraction of sp³-hybridized carbons (Fsp3) is 0.355. The predicted molar refractivity (Wildman–Crippen MR) is 158 cm³/mol. The predicted octanol–water partition coefficient (Wildman–Crippen LogP) is 6.85. The highest BCUT2D eigenvalue weighted by atomic mass is 32.2. The van der Waals surface area contributed by atoms with Crippen molar-refractivity contribution in [3.63, 3.8) is 0 Å². The first-order valence-corrected chi connectivity index (χ1v) is 14.2. The van der Waals surface area contributed by atoms with Crippen molar-refractivity contribution in [3.05, 3.63) is 96.1 Å². The van der Waals surface area contributed by atoms with Crippen LogP contribution in [0.1, 0.15) is 50.7 Å². The first kappa shape index (κ1) is 28.4. The first-order chi connectivity index (χ1) is 18.6. The van der Waals surface area contributed by atoms with Crippen LogP contribution in [-0.2, 0) is 9.53 Å². The third-order valence-corrected chi connectivity index (χ3v) is 7.71. The van der Waals surface area contributed by atoms with Gasteiger partial charge in [0.05, 0.1) is 17.8 Å². The number of anilines is 2. The molecule has 0 saturated carbocycles. The molecule has 206 valence electrons. The number of carbonyl (C=O) groups is 2. The summed E-state index contributed by atoms with van der Waals surface area (Å²) in [5.41, 5.74) is 3.41. The fourth-order valence-corrected chi connectivity index (χ4v) is 5.88. The Morgan fingerprint density at radius 3 is 1.90 bits per heavy atom. The number of carboxylic acid groups (broad SMARTS) is 1. The van der Waals surface area contributed by atoms with E-state index in [-0.39, 0.29) is 18.4 Å². The van der Waals surface area contributed by atoms with Crippen molar-refractivity contribution >= 4 is 35.2 Å². The number of para-hydroxylation sites is 2. The number of benzene rings is 3. The minimum Gasteiger partial charge on any atom is -0.481 e. The molecule has 1 heterocycles. The lowest BCUT2D eigenvalue weighted by Gasteiger charge is -2.32. The summed E-state index contributed by atoms with van der Waals surface area (Å²) in [7, 11) is 0. The second-order valence-corrected chi connectivity index (χ2v) is 12.1. The van der Waals surface area contributed by atoms with E-state index in [4.69, 9.17) is 4.74 Å². The molecule has 1 amide bonds. The van der Waals surface area contributed by atoms with Crippen LogP contribution < -0.4 is 10.6 Å². The minimum absolute atomic E-state index is 0.0152. The van der Waals surface area contributed by atoms with Crippen molar-refractivity contribution < 1.29 is 19.4 Å². The fourth-order valence-electron chi connectivity index (χ4n) is 4.67. The molecule has 0 unspecified atom stereocenters. The van der Waals surface area contributed by atoms with Gasteiger partial charge in [-0.05, 0) is 56.2 Å². The topological polar surface area (TPSA) is 90.9 Å². The number of rotatable bonds is 11. The normalized spacial score (nSPS) is 13.7. The van der Waals surface area contributed by atoms with E-state index in [0.717, 1.165) is 22.5 Å². The van der Waals surface area contributed by atoms with Gasteiger partial charge in [-0.15, -0.1) is 11.8 Å². The first-order valence-electron chi connectivity index (χ1n) is 13.2. The molecule has 3 aromatic carbocycles. The number of amides is 1. The molecule has 4 rings (SSSR count). The molecule has 0 aromatic heterocycles. The van der Waals surface area contributed by atoms with Crippen LogP contribution in [0, 0.1) is 0 Å². The van der Waals surface area contributed by atoms with Crippen LogP contribution in [0.4, 0.5) is 16.2 Å². The highest BCUT2D eigenvalue weighted by Gasteiger charge is 2.39. The second kappa shape index (κ2) is 12.5. The molecule has 0 atom stereocenters. The van der Waals surface area contributed by atoms with Crippen LogP contribution >= 0.6 is 11.8 Å². The molecule has 8 heteroatoms. The monoisotopic (exact) mass is 547 g/mol. The number of nitrogens with one attached hydrogen (secondary N) is 2. The van der Waals surface area contributed by atoms with Crippen LogP contribution in [0.3, 0.4) is 0 Å². The van der Waals surface area contributed by atoms with Crippen molar-refractivity contribution in [1.29, 1.82) is 0 Å². The smallest absolute Gasteiger partial charge is 0.410 e. The van der Waals surface area contributed by atoms with Crippen molar-refractivity contribution in [2.24, 2.45) is 0 Å². The minimum atomic E-state index is -0.890. The largest absolute Gasteiger partial charge is 0.481 e. The summed E-state index contributed by atoms with van der Waals surface area (Å²) in [5.74, 6) is -0.264. The average molecular weight is 548 g/mol. The standard InChI is InChI=1S/C31H37N3O4S/c1-30(2,3)38-29(37)34(22-25(23-13-6-4-7-14-23)24-15-8-5-9-16-24)19-12-20-39-31(21-28(35)36)32-26-17-10-11-18-27(26)33-31/h4-11,13-18,25,32-33H,12,19-22H2,1-3H3,(H,35,36). The van der Waals surface area contributed by atoms with Crippen LogP contribution in [0.2, 0.25) is 0 Å². The number of thioether (sulfide) groups is 1. The average Bonchev–Trinajstić information content (AvgIpc) is 3.25. The lowest BCUT2D eigenvalue weighted by molar-refractivity contribution is -0.137. The van der Waals surface area contributed by atoms with E-state index in [1.807, 2.05) is 81.4 Å². The number of hydrogen-bond donors (Lipinski definition) is 3. The Balaban J connectivity index is 1.48. The maximum atomic E-state index is 13.4. The molecule has 0 saturated heterocycles. The number of hydrogen-bond acceptors (Lipinski definition) is 6. The summed E-state index contributed by atoms with van der Waals surface area (Å²) < 4.78 is 5.80. The zero-order chi connectivity index (χ0) is 27.9. The Kier molecular flexibility index (Phi) is 9.07. The van der Waals surface area contributed by atoms with Gasteiger partial charge in [-0.2, -0.15) is 0 Å². The molecule has 39 heavy (non-hydrogen) atoms. The van der Waals surface area contributed by atoms with Gasteiger partial charge in [-0.3, -0.25) is 4.79 Å². The molecule has 0 spiro atoms. The van der Waals surface area contributed by atoms with E-state index < -0.39 is 16.6 Å². The van der Waals surface area contributed by atoms with E-state index in [0.29, 0.717) is 25.3 Å². The number of ether oxygens (including phenoxy) is 1. The van der Waals surface area contributed by atoms with E-state index in [9.17, 15) is 14.7 Å². The van der Waals surface area contributed by atoms with Gasteiger partial charge >= 0.3 is 12.1 Å². The van der Waals surface area contributed by atoms with E-state index in [2.05, 4.69) is 34.9 Å². The van der Waals surface area contributed by atoms with Crippen molar-refractivity contribution in [3.8, 4) is 0 Å². The lowest BCUT2D eigenvalue weighted by Crippen LogP contribution is -2.42. The van der Waals surface area contributed by atoms with E-state index in [1.165, 1.54) is 11.8 Å². The molecular weight excluding hydrogens is 510 g/mol. The van der Waals surface area contributed by atoms with Gasteiger partial charge in [-0.25, -0.2) is 4.79 Å². The summed E-state index contributed by atoms with van der Waals surface area (Å²) in [5, 5.41) is 16.3. The molecule has 3 N–H and O–H groups in total. The van der Waals surface area contributed by atoms with Crippen LogP contribution in [0.25, 0.3) is 0 Å². The van der Waals surface area contributed by atoms with Gasteiger partial charge in [0.15, 0.2) is 4.99 Å². The van der Waals surface area contributed by atoms with Crippen LogP contribution in [0.5, 0.6) is 0 Å². The quantitative estimate of drug-likeness (QED) is 0.226. The maximum Gasteiger partial charge on any atom is 0.410 e. The van der Waals surface area contributed by atoms with Crippen molar-refractivity contribution in [1.82, 2.24) is 4.90 Å². The molecule has 7 nitrogen and oxygen atoms in total. The number of nitrogens with zero attached hydrogens (tertiary/aromatic N) is 1. The van der Waals surface area contributed by atoms with Gasteiger partial charge in [-0.1, -0.05) is 72.8 Å². The summed E-state index contributed by atoms with van der Waals surface area (Å²) in [6.45, 7) is 6.56. The van der Waals surface area contributed by atoms with E-state index in [1.54, 1.807) is 4.90 Å². The van der Waals surface area contributed by atoms with Gasteiger partial charge in [0.2, 0.25) is 0 Å². The summed E-state index contributed by atoms with van der Waals surface area (Å²) >= 11 is 1.51. The summed E-state index contributed by atoms with van der Waals surface area (Å²) in [6.07, 6.45) is 0.224. The Labute approximate surface area is 234 Å². The van der Waals surface area contributed by atoms with Gasteiger partial charge < -0.3 is 25.4 Å². The number of carbonyl (C=O) groups excluding carboxylic acids is 1. The van der Waals surface area contributed by atoms with Crippen LogP contribution in [0.15, 0.2) is 84.9 Å².